The third-order valence-corrected chi connectivity index (χ3v) is 2.98. The lowest BCUT2D eigenvalue weighted by Gasteiger charge is -2.06. The van der Waals surface area contributed by atoms with Crippen molar-refractivity contribution in [1.82, 2.24) is 5.32 Å². The molecule has 0 aliphatic rings. The minimum Gasteiger partial charge on any atom is -0.348 e. The van der Waals surface area contributed by atoms with E-state index >= 15 is 0 Å². The number of nitrogens with zero attached hydrogens (tertiary/aromatic N) is 1. The van der Waals surface area contributed by atoms with E-state index in [0.717, 1.165) is 6.07 Å². The van der Waals surface area contributed by atoms with E-state index in [-0.39, 0.29) is 18.0 Å². The lowest BCUT2D eigenvalue weighted by atomic mass is 10.1. The Hall–Kier alpha value is -2.38. The van der Waals surface area contributed by atoms with Gasteiger partial charge in [-0.1, -0.05) is 17.7 Å². The smallest absolute Gasteiger partial charge is 0.251 e. The minimum absolute atomic E-state index is 0.0546. The van der Waals surface area contributed by atoms with Gasteiger partial charge in [0.1, 0.15) is 5.82 Å². The van der Waals surface area contributed by atoms with Crippen LogP contribution in [0.5, 0.6) is 0 Å². The van der Waals surface area contributed by atoms with Crippen LogP contribution < -0.4 is 5.32 Å². The van der Waals surface area contributed by atoms with Crippen LogP contribution in [0.15, 0.2) is 42.5 Å². The van der Waals surface area contributed by atoms with Crippen molar-refractivity contribution >= 4 is 17.5 Å². The molecule has 0 aliphatic carbocycles. The Morgan fingerprint density at radius 2 is 1.95 bits per heavy atom. The van der Waals surface area contributed by atoms with E-state index in [1.165, 1.54) is 12.1 Å². The van der Waals surface area contributed by atoms with E-state index in [0.29, 0.717) is 16.1 Å². The minimum atomic E-state index is -0.513. The van der Waals surface area contributed by atoms with Gasteiger partial charge in [0.25, 0.3) is 5.91 Å². The largest absolute Gasteiger partial charge is 0.348 e. The molecule has 1 N–H and O–H groups in total. The van der Waals surface area contributed by atoms with Crippen molar-refractivity contribution in [1.29, 1.82) is 5.26 Å². The topological polar surface area (TPSA) is 52.9 Å². The van der Waals surface area contributed by atoms with E-state index in [9.17, 15) is 9.18 Å². The van der Waals surface area contributed by atoms with Crippen LogP contribution >= 0.6 is 11.6 Å². The predicted molar refractivity (Wildman–Crippen MR) is 73.7 cm³/mol. The Kier molecular flexibility index (Phi) is 4.34. The summed E-state index contributed by atoms with van der Waals surface area (Å²) in [7, 11) is 0. The molecule has 0 atom stereocenters. The molecule has 0 saturated heterocycles. The summed E-state index contributed by atoms with van der Waals surface area (Å²) in [5.74, 6) is -0.828. The highest BCUT2D eigenvalue weighted by atomic mass is 35.5. The van der Waals surface area contributed by atoms with Crippen molar-refractivity contribution < 1.29 is 9.18 Å². The number of hydrogen-bond donors (Lipinski definition) is 1. The van der Waals surface area contributed by atoms with Gasteiger partial charge in [0, 0.05) is 22.7 Å². The summed E-state index contributed by atoms with van der Waals surface area (Å²) in [6.07, 6.45) is 0. The first-order chi connectivity index (χ1) is 9.60. The molecule has 3 nitrogen and oxygen atoms in total. The van der Waals surface area contributed by atoms with Crippen molar-refractivity contribution in [2.75, 3.05) is 0 Å². The van der Waals surface area contributed by atoms with Gasteiger partial charge in [-0.05, 0) is 36.4 Å². The fourth-order valence-corrected chi connectivity index (χ4v) is 1.77. The Labute approximate surface area is 120 Å². The summed E-state index contributed by atoms with van der Waals surface area (Å²) in [4.78, 5) is 11.8. The highest BCUT2D eigenvalue weighted by Crippen LogP contribution is 2.11. The van der Waals surface area contributed by atoms with Crippen molar-refractivity contribution in [3.63, 3.8) is 0 Å². The Balaban J connectivity index is 2.04. The fourth-order valence-electron chi connectivity index (χ4n) is 1.64. The summed E-state index contributed by atoms with van der Waals surface area (Å²) < 4.78 is 13.6. The van der Waals surface area contributed by atoms with E-state index in [2.05, 4.69) is 5.32 Å². The number of nitrogens with one attached hydrogen (secondary N) is 1. The fraction of sp³-hybridized carbons (Fsp3) is 0.0667. The molecule has 0 unspecified atom stereocenters. The highest BCUT2D eigenvalue weighted by Gasteiger charge is 2.08. The van der Waals surface area contributed by atoms with Gasteiger partial charge < -0.3 is 5.32 Å². The number of carbonyl (C=O) groups is 1. The van der Waals surface area contributed by atoms with Crippen molar-refractivity contribution in [3.8, 4) is 6.07 Å². The molecule has 0 heterocycles. The first-order valence-corrected chi connectivity index (χ1v) is 6.20. The Morgan fingerprint density at radius 3 is 2.55 bits per heavy atom. The molecule has 2 aromatic carbocycles. The molecule has 0 spiro atoms. The second-order valence-electron chi connectivity index (χ2n) is 4.11. The van der Waals surface area contributed by atoms with Crippen molar-refractivity contribution in [2.45, 2.75) is 6.54 Å². The van der Waals surface area contributed by atoms with Crippen LogP contribution in [0.4, 0.5) is 4.39 Å². The molecule has 0 bridgehead atoms. The molecule has 2 aromatic rings. The molecule has 0 radical (unpaired) electrons. The lowest BCUT2D eigenvalue weighted by Crippen LogP contribution is -2.23. The maximum absolute atomic E-state index is 13.6. The van der Waals surface area contributed by atoms with Gasteiger partial charge in [-0.3, -0.25) is 4.79 Å². The van der Waals surface area contributed by atoms with Gasteiger partial charge >= 0.3 is 0 Å². The van der Waals surface area contributed by atoms with E-state index < -0.39 is 5.82 Å². The van der Waals surface area contributed by atoms with Crippen LogP contribution in [0, 0.1) is 17.1 Å². The zero-order valence-corrected chi connectivity index (χ0v) is 11.1. The molecule has 20 heavy (non-hydrogen) atoms. The number of nitriles is 1. The zero-order chi connectivity index (χ0) is 14.5. The average Bonchev–Trinajstić information content (AvgIpc) is 2.46. The summed E-state index contributed by atoms with van der Waals surface area (Å²) in [5, 5.41) is 11.8. The maximum atomic E-state index is 13.6. The Bertz CT molecular complexity index is 677. The summed E-state index contributed by atoms with van der Waals surface area (Å²) in [6, 6.07) is 12.4. The maximum Gasteiger partial charge on any atom is 0.251 e. The standard InChI is InChI=1S/C15H10ClFN2O/c16-13-5-3-11(4-6-13)15(20)19-9-12-2-1-10(8-18)7-14(12)17/h1-7H,9H2,(H,19,20). The quantitative estimate of drug-likeness (QED) is 0.942. The summed E-state index contributed by atoms with van der Waals surface area (Å²) in [5.41, 5.74) is 1.02. The molecule has 5 heteroatoms. The molecule has 0 saturated carbocycles. The first-order valence-electron chi connectivity index (χ1n) is 5.82. The summed E-state index contributed by atoms with van der Waals surface area (Å²) in [6.45, 7) is 0.0546. The van der Waals surface area contributed by atoms with Crippen molar-refractivity contribution in [3.05, 3.63) is 70.0 Å². The SMILES string of the molecule is N#Cc1ccc(CNC(=O)c2ccc(Cl)cc2)c(F)c1. The molecule has 100 valence electrons. The normalized spacial score (nSPS) is 9.85. The van der Waals surface area contributed by atoms with Crippen molar-refractivity contribution in [2.24, 2.45) is 0 Å². The van der Waals surface area contributed by atoms with Gasteiger partial charge in [0.05, 0.1) is 11.6 Å². The van der Waals surface area contributed by atoms with Gasteiger partial charge in [0.15, 0.2) is 0 Å². The molecule has 2 rings (SSSR count). The van der Waals surface area contributed by atoms with Gasteiger partial charge in [-0.25, -0.2) is 4.39 Å². The number of benzene rings is 2. The van der Waals surface area contributed by atoms with Crippen LogP contribution in [0.25, 0.3) is 0 Å². The molecule has 0 fully saturated rings. The van der Waals surface area contributed by atoms with Crippen LogP contribution in [0.1, 0.15) is 21.5 Å². The third kappa shape index (κ3) is 3.34. The predicted octanol–water partition coefficient (Wildman–Crippen LogP) is 3.28. The molecular formula is C15H10ClFN2O. The lowest BCUT2D eigenvalue weighted by molar-refractivity contribution is 0.0950. The van der Waals surface area contributed by atoms with Gasteiger partial charge in [-0.2, -0.15) is 5.26 Å². The van der Waals surface area contributed by atoms with Crippen LogP contribution in [-0.4, -0.2) is 5.91 Å². The highest BCUT2D eigenvalue weighted by molar-refractivity contribution is 6.30. The molecule has 0 aliphatic heterocycles. The monoisotopic (exact) mass is 288 g/mol. The van der Waals surface area contributed by atoms with Crippen LogP contribution in [0.3, 0.4) is 0 Å². The van der Waals surface area contributed by atoms with Gasteiger partial charge in [0.2, 0.25) is 0 Å². The molecule has 0 aromatic heterocycles. The van der Waals surface area contributed by atoms with Crippen LogP contribution in [-0.2, 0) is 6.54 Å². The molecular weight excluding hydrogens is 279 g/mol. The van der Waals surface area contributed by atoms with E-state index in [4.69, 9.17) is 16.9 Å². The average molecular weight is 289 g/mol. The number of amides is 1. The number of carbonyl (C=O) groups excluding carboxylic acids is 1. The van der Waals surface area contributed by atoms with E-state index in [1.807, 2.05) is 6.07 Å². The number of hydrogen-bond acceptors (Lipinski definition) is 2. The number of rotatable bonds is 3. The van der Waals surface area contributed by atoms with Gasteiger partial charge in [-0.15, -0.1) is 0 Å². The second kappa shape index (κ2) is 6.18. The van der Waals surface area contributed by atoms with E-state index in [1.54, 1.807) is 24.3 Å². The summed E-state index contributed by atoms with van der Waals surface area (Å²) >= 11 is 5.73. The molecule has 1 amide bonds. The first kappa shape index (κ1) is 14.0. The second-order valence-corrected chi connectivity index (χ2v) is 4.54. The number of halogens is 2. The third-order valence-electron chi connectivity index (χ3n) is 2.73. The zero-order valence-electron chi connectivity index (χ0n) is 10.4. The van der Waals surface area contributed by atoms with Crippen LogP contribution in [0.2, 0.25) is 5.02 Å². The Morgan fingerprint density at radius 1 is 1.25 bits per heavy atom.